The molecule has 3 rings (SSSR count). The zero-order valence-corrected chi connectivity index (χ0v) is 18.2. The highest BCUT2D eigenvalue weighted by Gasteiger charge is 2.33. The van der Waals surface area contributed by atoms with Gasteiger partial charge in [0.2, 0.25) is 10.0 Å². The number of methoxy groups -OCH3 is 1. The van der Waals surface area contributed by atoms with Crippen LogP contribution in [0.1, 0.15) is 31.2 Å². The van der Waals surface area contributed by atoms with E-state index in [9.17, 15) is 13.2 Å². The quantitative estimate of drug-likeness (QED) is 0.699. The number of piperidine rings is 1. The van der Waals surface area contributed by atoms with Crippen molar-refractivity contribution in [2.24, 2.45) is 0 Å². The highest BCUT2D eigenvalue weighted by molar-refractivity contribution is 7.89. The number of para-hydroxylation sites is 2. The molecule has 1 saturated heterocycles. The third-order valence-electron chi connectivity index (χ3n) is 5.32. The lowest BCUT2D eigenvalue weighted by atomic mass is 10.0. The van der Waals surface area contributed by atoms with E-state index in [0.717, 1.165) is 24.8 Å². The maximum Gasteiger partial charge on any atom is 0.319 e. The summed E-state index contributed by atoms with van der Waals surface area (Å²) in [5, 5.41) is 5.59. The molecule has 0 aromatic heterocycles. The van der Waals surface area contributed by atoms with Crippen molar-refractivity contribution in [2.45, 2.75) is 43.5 Å². The van der Waals surface area contributed by atoms with E-state index in [1.54, 1.807) is 35.7 Å². The molecule has 2 aromatic carbocycles. The van der Waals surface area contributed by atoms with E-state index in [2.05, 4.69) is 10.6 Å². The summed E-state index contributed by atoms with van der Waals surface area (Å²) in [5.74, 6) is 0.579. The summed E-state index contributed by atoms with van der Waals surface area (Å²) in [6, 6.07) is 13.7. The molecule has 2 N–H and O–H groups in total. The molecule has 1 atom stereocenters. The van der Waals surface area contributed by atoms with Crippen LogP contribution >= 0.6 is 0 Å². The zero-order valence-electron chi connectivity index (χ0n) is 17.4. The van der Waals surface area contributed by atoms with E-state index < -0.39 is 10.0 Å². The van der Waals surface area contributed by atoms with Crippen LogP contribution in [0.3, 0.4) is 0 Å². The minimum Gasteiger partial charge on any atom is -0.495 e. The Labute approximate surface area is 178 Å². The smallest absolute Gasteiger partial charge is 0.319 e. The highest BCUT2D eigenvalue weighted by atomic mass is 32.2. The molecule has 0 spiro atoms. The zero-order chi connectivity index (χ0) is 21.6. The Morgan fingerprint density at radius 3 is 2.60 bits per heavy atom. The van der Waals surface area contributed by atoms with Gasteiger partial charge < -0.3 is 15.4 Å². The summed E-state index contributed by atoms with van der Waals surface area (Å²) in [4.78, 5) is 12.6. The van der Waals surface area contributed by atoms with Crippen molar-refractivity contribution in [3.8, 4) is 5.75 Å². The van der Waals surface area contributed by atoms with Crippen LogP contribution in [0, 0.1) is 6.92 Å². The van der Waals surface area contributed by atoms with Gasteiger partial charge in [-0.25, -0.2) is 13.2 Å². The number of hydrogen-bond acceptors (Lipinski definition) is 4. The van der Waals surface area contributed by atoms with Gasteiger partial charge in [-0.1, -0.05) is 36.2 Å². The summed E-state index contributed by atoms with van der Waals surface area (Å²) in [5.41, 5.74) is 1.60. The second-order valence-corrected chi connectivity index (χ2v) is 9.34. The minimum atomic E-state index is -3.55. The van der Waals surface area contributed by atoms with Crippen LogP contribution in [0.5, 0.6) is 5.75 Å². The van der Waals surface area contributed by atoms with E-state index >= 15 is 0 Å². The Hall–Kier alpha value is -2.58. The van der Waals surface area contributed by atoms with Crippen LogP contribution in [0.15, 0.2) is 53.4 Å². The minimum absolute atomic E-state index is 0.128. The SMILES string of the molecule is COc1ccccc1NC(=O)NCCC1CCCCN1S(=O)(=O)c1ccc(C)cc1. The molecule has 2 amide bonds. The van der Waals surface area contributed by atoms with E-state index in [0.29, 0.717) is 35.8 Å². The van der Waals surface area contributed by atoms with Crippen LogP contribution < -0.4 is 15.4 Å². The topological polar surface area (TPSA) is 87.7 Å². The van der Waals surface area contributed by atoms with Crippen LogP contribution in [0.4, 0.5) is 10.5 Å². The van der Waals surface area contributed by atoms with Crippen LogP contribution in [0.2, 0.25) is 0 Å². The van der Waals surface area contributed by atoms with Gasteiger partial charge in [0.05, 0.1) is 17.7 Å². The highest BCUT2D eigenvalue weighted by Crippen LogP contribution is 2.27. The molecule has 0 radical (unpaired) electrons. The number of nitrogens with one attached hydrogen (secondary N) is 2. The molecule has 7 nitrogen and oxygen atoms in total. The molecule has 1 aliphatic rings. The van der Waals surface area contributed by atoms with Gasteiger partial charge in [-0.3, -0.25) is 0 Å². The van der Waals surface area contributed by atoms with Gasteiger partial charge >= 0.3 is 6.03 Å². The summed E-state index contributed by atoms with van der Waals surface area (Å²) in [6.45, 7) is 2.82. The largest absolute Gasteiger partial charge is 0.495 e. The molecule has 1 unspecified atom stereocenters. The van der Waals surface area contributed by atoms with E-state index in [-0.39, 0.29) is 12.1 Å². The van der Waals surface area contributed by atoms with Gasteiger partial charge in [-0.15, -0.1) is 0 Å². The molecular formula is C22H29N3O4S. The van der Waals surface area contributed by atoms with E-state index in [1.807, 2.05) is 31.2 Å². The monoisotopic (exact) mass is 431 g/mol. The molecular weight excluding hydrogens is 402 g/mol. The van der Waals surface area contributed by atoms with Crippen molar-refractivity contribution in [3.05, 3.63) is 54.1 Å². The number of rotatable bonds is 7. The number of carbonyl (C=O) groups excluding carboxylic acids is 1. The van der Waals surface area contributed by atoms with Gasteiger partial charge in [0.25, 0.3) is 0 Å². The summed E-state index contributed by atoms with van der Waals surface area (Å²) >= 11 is 0. The Morgan fingerprint density at radius 1 is 1.13 bits per heavy atom. The first-order valence-corrected chi connectivity index (χ1v) is 11.6. The molecule has 162 valence electrons. The third-order valence-corrected chi connectivity index (χ3v) is 7.29. The lowest BCUT2D eigenvalue weighted by molar-refractivity contribution is 0.234. The fourth-order valence-electron chi connectivity index (χ4n) is 3.69. The van der Waals surface area contributed by atoms with Crippen molar-refractivity contribution >= 4 is 21.7 Å². The number of amides is 2. The molecule has 1 fully saturated rings. The van der Waals surface area contributed by atoms with Crippen LogP contribution in [-0.2, 0) is 10.0 Å². The predicted octanol–water partition coefficient (Wildman–Crippen LogP) is 3.76. The fraction of sp³-hybridized carbons (Fsp3) is 0.409. The standard InChI is InChI=1S/C22H29N3O4S/c1-17-10-12-19(13-11-17)30(27,28)25-16-6-5-7-18(25)14-15-23-22(26)24-20-8-3-4-9-21(20)29-2/h3-4,8-13,18H,5-7,14-16H2,1-2H3,(H2,23,24,26). The average molecular weight is 432 g/mol. The van der Waals surface area contributed by atoms with Crippen LogP contribution in [-0.4, -0.2) is 45.0 Å². The first-order valence-electron chi connectivity index (χ1n) is 10.2. The van der Waals surface area contributed by atoms with E-state index in [1.165, 1.54) is 0 Å². The second-order valence-electron chi connectivity index (χ2n) is 7.45. The number of benzene rings is 2. The van der Waals surface area contributed by atoms with Gasteiger partial charge in [-0.05, 0) is 50.5 Å². The van der Waals surface area contributed by atoms with Crippen molar-refractivity contribution < 1.29 is 17.9 Å². The van der Waals surface area contributed by atoms with Gasteiger partial charge in [0, 0.05) is 19.1 Å². The van der Waals surface area contributed by atoms with Crippen molar-refractivity contribution in [1.82, 2.24) is 9.62 Å². The number of anilines is 1. The van der Waals surface area contributed by atoms with Gasteiger partial charge in [0.1, 0.15) is 5.75 Å². The lowest BCUT2D eigenvalue weighted by Gasteiger charge is -2.34. The molecule has 8 heteroatoms. The first-order chi connectivity index (χ1) is 14.4. The molecule has 1 heterocycles. The Morgan fingerprint density at radius 2 is 1.87 bits per heavy atom. The van der Waals surface area contributed by atoms with Gasteiger partial charge in [0.15, 0.2) is 0 Å². The molecule has 30 heavy (non-hydrogen) atoms. The normalized spacial score (nSPS) is 17.3. The number of urea groups is 1. The number of carbonyl (C=O) groups is 1. The predicted molar refractivity (Wildman–Crippen MR) is 117 cm³/mol. The Bertz CT molecular complexity index is 961. The molecule has 0 saturated carbocycles. The Kier molecular flexibility index (Phi) is 7.33. The lowest BCUT2D eigenvalue weighted by Crippen LogP contribution is -2.45. The molecule has 0 bridgehead atoms. The molecule has 2 aromatic rings. The number of sulfonamides is 1. The Balaban J connectivity index is 1.59. The van der Waals surface area contributed by atoms with E-state index in [4.69, 9.17) is 4.74 Å². The molecule has 1 aliphatic heterocycles. The number of hydrogen-bond donors (Lipinski definition) is 2. The summed E-state index contributed by atoms with van der Waals surface area (Å²) in [6.07, 6.45) is 3.19. The maximum atomic E-state index is 13.1. The average Bonchev–Trinajstić information content (AvgIpc) is 2.75. The van der Waals surface area contributed by atoms with Crippen molar-refractivity contribution in [2.75, 3.05) is 25.5 Å². The van der Waals surface area contributed by atoms with Crippen molar-refractivity contribution in [3.63, 3.8) is 0 Å². The number of ether oxygens (including phenoxy) is 1. The summed E-state index contributed by atoms with van der Waals surface area (Å²) < 4.78 is 33.1. The third kappa shape index (κ3) is 5.31. The number of aryl methyl sites for hydroxylation is 1. The number of nitrogens with zero attached hydrogens (tertiary/aromatic N) is 1. The second kappa shape index (κ2) is 9.95. The van der Waals surface area contributed by atoms with Gasteiger partial charge in [-0.2, -0.15) is 4.31 Å². The maximum absolute atomic E-state index is 13.1. The summed E-state index contributed by atoms with van der Waals surface area (Å²) in [7, 11) is -2.00. The van der Waals surface area contributed by atoms with Crippen molar-refractivity contribution in [1.29, 1.82) is 0 Å². The fourth-order valence-corrected chi connectivity index (χ4v) is 5.41. The molecule has 0 aliphatic carbocycles. The van der Waals surface area contributed by atoms with Crippen LogP contribution in [0.25, 0.3) is 0 Å². The first kappa shape index (κ1) is 22.1.